The number of rotatable bonds is 7. The summed E-state index contributed by atoms with van der Waals surface area (Å²) in [6.07, 6.45) is 8.85. The van der Waals surface area contributed by atoms with Gasteiger partial charge in [-0.25, -0.2) is 9.78 Å². The van der Waals surface area contributed by atoms with Gasteiger partial charge in [0.2, 0.25) is 0 Å². The number of aromatic nitrogens is 2. The monoisotopic (exact) mass is 386 g/mol. The zero-order valence-corrected chi connectivity index (χ0v) is 15.8. The maximum Gasteiger partial charge on any atom is 0.328 e. The van der Waals surface area contributed by atoms with Crippen LogP contribution in [-0.4, -0.2) is 51.6 Å². The van der Waals surface area contributed by atoms with Gasteiger partial charge in [-0.3, -0.25) is 4.98 Å². The lowest BCUT2D eigenvalue weighted by molar-refractivity contribution is -0.131. The van der Waals surface area contributed by atoms with E-state index in [1.165, 1.54) is 11.6 Å². The molecule has 142 valence electrons. The van der Waals surface area contributed by atoms with Crippen LogP contribution in [0.3, 0.4) is 0 Å². The number of benzene rings is 1. The number of piperidine rings is 1. The number of likely N-dealkylation sites (tertiary alicyclic amines) is 1. The SMILES string of the molecule is O=C(O)/C=C/c1cnc(N[C@@H]2CCCN(CCc3ccccc3Cl)C2)cn1. The lowest BCUT2D eigenvalue weighted by Crippen LogP contribution is -2.43. The van der Waals surface area contributed by atoms with Gasteiger partial charge in [0.25, 0.3) is 0 Å². The summed E-state index contributed by atoms with van der Waals surface area (Å²) in [4.78, 5) is 21.5. The molecule has 2 aromatic rings. The van der Waals surface area contributed by atoms with Gasteiger partial charge in [0, 0.05) is 30.2 Å². The number of carboxylic acid groups (broad SMARTS) is 1. The fraction of sp³-hybridized carbons (Fsp3) is 0.350. The van der Waals surface area contributed by atoms with E-state index < -0.39 is 5.97 Å². The summed E-state index contributed by atoms with van der Waals surface area (Å²) in [5, 5.41) is 12.9. The third-order valence-corrected chi connectivity index (χ3v) is 4.95. The summed E-state index contributed by atoms with van der Waals surface area (Å²) in [6.45, 7) is 3.02. The first-order valence-electron chi connectivity index (χ1n) is 9.05. The molecular weight excluding hydrogens is 364 g/mol. The first-order valence-corrected chi connectivity index (χ1v) is 9.43. The Morgan fingerprint density at radius 3 is 2.93 bits per heavy atom. The van der Waals surface area contributed by atoms with E-state index >= 15 is 0 Å². The summed E-state index contributed by atoms with van der Waals surface area (Å²) in [5.74, 6) is -0.293. The van der Waals surface area contributed by atoms with Crippen molar-refractivity contribution >= 4 is 29.5 Å². The quantitative estimate of drug-likeness (QED) is 0.710. The van der Waals surface area contributed by atoms with Gasteiger partial charge < -0.3 is 15.3 Å². The Hall–Kier alpha value is -2.44. The molecule has 0 aliphatic carbocycles. The number of nitrogens with zero attached hydrogens (tertiary/aromatic N) is 3. The molecule has 0 radical (unpaired) electrons. The van der Waals surface area contributed by atoms with Gasteiger partial charge in [-0.2, -0.15) is 0 Å². The summed E-state index contributed by atoms with van der Waals surface area (Å²) in [5.41, 5.74) is 1.71. The number of hydrogen-bond donors (Lipinski definition) is 2. The molecule has 27 heavy (non-hydrogen) atoms. The van der Waals surface area contributed by atoms with Crippen molar-refractivity contribution in [3.05, 3.63) is 59.0 Å². The minimum atomic E-state index is -1.00. The maximum atomic E-state index is 10.5. The first-order chi connectivity index (χ1) is 13.1. The third-order valence-electron chi connectivity index (χ3n) is 4.58. The molecule has 3 rings (SSSR count). The van der Waals surface area contributed by atoms with Crippen molar-refractivity contribution in [1.82, 2.24) is 14.9 Å². The minimum Gasteiger partial charge on any atom is -0.478 e. The molecule has 0 saturated carbocycles. The molecule has 0 amide bonds. The molecule has 1 saturated heterocycles. The van der Waals surface area contributed by atoms with Crippen LogP contribution < -0.4 is 5.32 Å². The molecule has 2 N–H and O–H groups in total. The number of anilines is 1. The van der Waals surface area contributed by atoms with E-state index in [0.29, 0.717) is 17.6 Å². The Bertz CT molecular complexity index is 795. The lowest BCUT2D eigenvalue weighted by atomic mass is 10.0. The van der Waals surface area contributed by atoms with Gasteiger partial charge >= 0.3 is 5.97 Å². The molecule has 1 fully saturated rings. The second-order valence-electron chi connectivity index (χ2n) is 6.62. The minimum absolute atomic E-state index is 0.319. The Morgan fingerprint density at radius 2 is 2.19 bits per heavy atom. The molecule has 0 spiro atoms. The molecule has 0 unspecified atom stereocenters. The second kappa shape index (κ2) is 9.48. The highest BCUT2D eigenvalue weighted by molar-refractivity contribution is 6.31. The van der Waals surface area contributed by atoms with Crippen LogP contribution in [-0.2, 0) is 11.2 Å². The van der Waals surface area contributed by atoms with Crippen molar-refractivity contribution in [2.45, 2.75) is 25.3 Å². The highest BCUT2D eigenvalue weighted by Gasteiger charge is 2.20. The highest BCUT2D eigenvalue weighted by atomic mass is 35.5. The molecule has 1 aliphatic rings. The average molecular weight is 387 g/mol. The Kier molecular flexibility index (Phi) is 6.79. The van der Waals surface area contributed by atoms with Crippen LogP contribution in [0, 0.1) is 0 Å². The van der Waals surface area contributed by atoms with Gasteiger partial charge in [0.1, 0.15) is 5.82 Å². The van der Waals surface area contributed by atoms with E-state index in [-0.39, 0.29) is 0 Å². The molecule has 1 aromatic heterocycles. The second-order valence-corrected chi connectivity index (χ2v) is 7.03. The number of halogens is 1. The zero-order chi connectivity index (χ0) is 19.1. The summed E-state index contributed by atoms with van der Waals surface area (Å²) >= 11 is 6.25. The molecule has 1 aliphatic heterocycles. The number of hydrogen-bond acceptors (Lipinski definition) is 5. The van der Waals surface area contributed by atoms with E-state index in [1.54, 1.807) is 12.4 Å². The van der Waals surface area contributed by atoms with Crippen molar-refractivity contribution in [3.63, 3.8) is 0 Å². The van der Waals surface area contributed by atoms with Gasteiger partial charge in [0.15, 0.2) is 0 Å². The molecule has 7 heteroatoms. The van der Waals surface area contributed by atoms with E-state index in [0.717, 1.165) is 50.0 Å². The fourth-order valence-corrected chi connectivity index (χ4v) is 3.45. The fourth-order valence-electron chi connectivity index (χ4n) is 3.22. The number of aliphatic carboxylic acids is 1. The van der Waals surface area contributed by atoms with Crippen molar-refractivity contribution in [3.8, 4) is 0 Å². The Balaban J connectivity index is 1.50. The van der Waals surface area contributed by atoms with Crippen molar-refractivity contribution < 1.29 is 9.90 Å². The van der Waals surface area contributed by atoms with Gasteiger partial charge in [0.05, 0.1) is 18.1 Å². The van der Waals surface area contributed by atoms with E-state index in [1.807, 2.05) is 18.2 Å². The lowest BCUT2D eigenvalue weighted by Gasteiger charge is -2.33. The molecular formula is C20H23ClN4O2. The summed E-state index contributed by atoms with van der Waals surface area (Å²) < 4.78 is 0. The van der Waals surface area contributed by atoms with Gasteiger partial charge in [-0.15, -0.1) is 0 Å². The van der Waals surface area contributed by atoms with Crippen molar-refractivity contribution in [2.75, 3.05) is 25.0 Å². The number of carboxylic acids is 1. The summed E-state index contributed by atoms with van der Waals surface area (Å²) in [7, 11) is 0. The van der Waals surface area contributed by atoms with Crippen LogP contribution in [0.15, 0.2) is 42.7 Å². The normalized spacial score (nSPS) is 17.9. The van der Waals surface area contributed by atoms with E-state index in [9.17, 15) is 4.79 Å². The van der Waals surface area contributed by atoms with Crippen LogP contribution in [0.4, 0.5) is 5.82 Å². The van der Waals surface area contributed by atoms with Crippen LogP contribution in [0.2, 0.25) is 5.02 Å². The topological polar surface area (TPSA) is 78.3 Å². The number of carbonyl (C=O) groups is 1. The standard InChI is InChI=1S/C20H23ClN4O2/c21-18-6-2-1-4-15(18)9-11-25-10-3-5-17(14-25)24-19-13-22-16(12-23-19)7-8-20(26)27/h1-2,4,6-8,12-13,17H,3,5,9-11,14H2,(H,23,24)(H,26,27)/b8-7+/t17-/m1/s1. The van der Waals surface area contributed by atoms with Crippen molar-refractivity contribution in [2.24, 2.45) is 0 Å². The van der Waals surface area contributed by atoms with E-state index in [4.69, 9.17) is 16.7 Å². The first kappa shape index (κ1) is 19.3. The van der Waals surface area contributed by atoms with Crippen LogP contribution >= 0.6 is 11.6 Å². The molecule has 1 aromatic carbocycles. The van der Waals surface area contributed by atoms with Gasteiger partial charge in [-0.05, 0) is 43.5 Å². The predicted molar refractivity (Wildman–Crippen MR) is 107 cm³/mol. The van der Waals surface area contributed by atoms with Crippen LogP contribution in [0.5, 0.6) is 0 Å². The van der Waals surface area contributed by atoms with E-state index in [2.05, 4.69) is 26.3 Å². The van der Waals surface area contributed by atoms with Crippen LogP contribution in [0.25, 0.3) is 6.08 Å². The van der Waals surface area contributed by atoms with Crippen LogP contribution in [0.1, 0.15) is 24.1 Å². The number of nitrogens with one attached hydrogen (secondary N) is 1. The largest absolute Gasteiger partial charge is 0.478 e. The molecule has 0 bridgehead atoms. The predicted octanol–water partition coefficient (Wildman–Crippen LogP) is 3.35. The zero-order valence-electron chi connectivity index (χ0n) is 15.0. The molecule has 6 nitrogen and oxygen atoms in total. The third kappa shape index (κ3) is 6.05. The molecule has 2 heterocycles. The Labute approximate surface area is 163 Å². The molecule has 1 atom stereocenters. The highest BCUT2D eigenvalue weighted by Crippen LogP contribution is 2.18. The van der Waals surface area contributed by atoms with Gasteiger partial charge in [-0.1, -0.05) is 29.8 Å². The summed E-state index contributed by atoms with van der Waals surface area (Å²) in [6, 6.07) is 8.31. The smallest absolute Gasteiger partial charge is 0.328 e. The maximum absolute atomic E-state index is 10.5. The average Bonchev–Trinajstić information content (AvgIpc) is 2.67. The van der Waals surface area contributed by atoms with Crippen molar-refractivity contribution in [1.29, 1.82) is 0 Å². The Morgan fingerprint density at radius 1 is 1.33 bits per heavy atom.